The number of rotatable bonds is 5. The molecule has 6 heteroatoms. The van der Waals surface area contributed by atoms with Gasteiger partial charge in [0.1, 0.15) is 17.6 Å². The molecule has 0 aliphatic carbocycles. The van der Waals surface area contributed by atoms with E-state index in [0.717, 1.165) is 31.7 Å². The van der Waals surface area contributed by atoms with Crippen LogP contribution in [0.3, 0.4) is 0 Å². The second-order valence-corrected chi connectivity index (χ2v) is 5.63. The minimum absolute atomic E-state index is 0.408. The van der Waals surface area contributed by atoms with Gasteiger partial charge in [0.2, 0.25) is 0 Å². The fourth-order valence-electron chi connectivity index (χ4n) is 2.46. The summed E-state index contributed by atoms with van der Waals surface area (Å²) in [6.45, 7) is 5.26. The predicted octanol–water partition coefficient (Wildman–Crippen LogP) is 2.20. The monoisotopic (exact) mass is 298 g/mol. The van der Waals surface area contributed by atoms with Crippen molar-refractivity contribution in [3.05, 3.63) is 17.0 Å². The van der Waals surface area contributed by atoms with Gasteiger partial charge < -0.3 is 14.5 Å². The number of hydrogen-bond acceptors (Lipinski definition) is 5. The average molecular weight is 299 g/mol. The number of anilines is 1. The van der Waals surface area contributed by atoms with Crippen LogP contribution < -0.4 is 4.90 Å². The molecular formula is C14H23ClN4O. The highest BCUT2D eigenvalue weighted by Gasteiger charge is 2.22. The van der Waals surface area contributed by atoms with Crippen molar-refractivity contribution < 1.29 is 4.74 Å². The topological polar surface area (TPSA) is 41.5 Å². The van der Waals surface area contributed by atoms with Crippen LogP contribution in [0.4, 0.5) is 5.82 Å². The van der Waals surface area contributed by atoms with Crippen molar-refractivity contribution in [2.24, 2.45) is 0 Å². The van der Waals surface area contributed by atoms with Gasteiger partial charge >= 0.3 is 0 Å². The van der Waals surface area contributed by atoms with Gasteiger partial charge in [-0.1, -0.05) is 11.6 Å². The lowest BCUT2D eigenvalue weighted by Gasteiger charge is -2.35. The molecular weight excluding hydrogens is 276 g/mol. The first kappa shape index (κ1) is 15.5. The van der Waals surface area contributed by atoms with Gasteiger partial charge in [-0.3, -0.25) is 0 Å². The number of hydrogen-bond donors (Lipinski definition) is 0. The number of piperidine rings is 1. The standard InChI is InChI=1S/C14H23ClN4O/c1-4-20-10-13-16-12(15)9-14(17-13)19(3)11-5-7-18(2)8-6-11/h9,11H,4-8,10H2,1-3H3. The molecule has 0 amide bonds. The second-order valence-electron chi connectivity index (χ2n) is 5.25. The SMILES string of the molecule is CCOCc1nc(Cl)cc(N(C)C2CCN(C)CC2)n1. The van der Waals surface area contributed by atoms with Crippen molar-refractivity contribution in [2.45, 2.75) is 32.4 Å². The molecule has 2 rings (SSSR count). The van der Waals surface area contributed by atoms with Crippen LogP contribution in [0, 0.1) is 0 Å². The third-order valence-electron chi connectivity index (χ3n) is 3.76. The van der Waals surface area contributed by atoms with E-state index in [4.69, 9.17) is 16.3 Å². The summed E-state index contributed by atoms with van der Waals surface area (Å²) in [7, 11) is 4.25. The lowest BCUT2D eigenvalue weighted by molar-refractivity contribution is 0.128. The molecule has 1 aliphatic rings. The summed E-state index contributed by atoms with van der Waals surface area (Å²) in [5, 5.41) is 0.476. The van der Waals surface area contributed by atoms with Gasteiger partial charge in [0, 0.05) is 25.8 Å². The first-order valence-electron chi connectivity index (χ1n) is 7.12. The van der Waals surface area contributed by atoms with Gasteiger partial charge in [0.25, 0.3) is 0 Å². The Bertz CT molecular complexity index is 435. The van der Waals surface area contributed by atoms with E-state index in [1.807, 2.05) is 13.0 Å². The van der Waals surface area contributed by atoms with Crippen LogP contribution in [0.15, 0.2) is 6.07 Å². The molecule has 0 N–H and O–H groups in total. The number of likely N-dealkylation sites (tertiary alicyclic amines) is 1. The number of halogens is 1. The molecule has 0 bridgehead atoms. The largest absolute Gasteiger partial charge is 0.374 e. The third-order valence-corrected chi connectivity index (χ3v) is 3.95. The Balaban J connectivity index is 2.08. The fraction of sp³-hybridized carbons (Fsp3) is 0.714. The number of aromatic nitrogens is 2. The van der Waals surface area contributed by atoms with Crippen molar-refractivity contribution in [1.82, 2.24) is 14.9 Å². The highest BCUT2D eigenvalue weighted by molar-refractivity contribution is 6.29. The molecule has 1 fully saturated rings. The van der Waals surface area contributed by atoms with Crippen LogP contribution in [0.1, 0.15) is 25.6 Å². The molecule has 0 saturated carbocycles. The Hall–Kier alpha value is -0.910. The molecule has 5 nitrogen and oxygen atoms in total. The smallest absolute Gasteiger partial charge is 0.158 e. The summed E-state index contributed by atoms with van der Waals surface area (Å²) in [4.78, 5) is 13.3. The van der Waals surface area contributed by atoms with Crippen LogP contribution in [0.2, 0.25) is 5.15 Å². The minimum atomic E-state index is 0.408. The van der Waals surface area contributed by atoms with E-state index in [2.05, 4.69) is 33.9 Å². The van der Waals surface area contributed by atoms with E-state index >= 15 is 0 Å². The second kappa shape index (κ2) is 7.20. The summed E-state index contributed by atoms with van der Waals surface area (Å²) < 4.78 is 5.36. The maximum absolute atomic E-state index is 6.09. The predicted molar refractivity (Wildman–Crippen MR) is 81.3 cm³/mol. The zero-order valence-electron chi connectivity index (χ0n) is 12.5. The lowest BCUT2D eigenvalue weighted by atomic mass is 10.0. The van der Waals surface area contributed by atoms with E-state index in [-0.39, 0.29) is 0 Å². The van der Waals surface area contributed by atoms with Crippen molar-refractivity contribution in [3.8, 4) is 0 Å². The lowest BCUT2D eigenvalue weighted by Crippen LogP contribution is -2.42. The van der Waals surface area contributed by atoms with E-state index < -0.39 is 0 Å². The molecule has 0 atom stereocenters. The van der Waals surface area contributed by atoms with E-state index in [1.165, 1.54) is 0 Å². The molecule has 0 radical (unpaired) electrons. The average Bonchev–Trinajstić information content (AvgIpc) is 2.44. The fourth-order valence-corrected chi connectivity index (χ4v) is 2.65. The van der Waals surface area contributed by atoms with Crippen molar-refractivity contribution in [3.63, 3.8) is 0 Å². The van der Waals surface area contributed by atoms with Crippen LogP contribution in [0.25, 0.3) is 0 Å². The van der Waals surface area contributed by atoms with Gasteiger partial charge in [-0.15, -0.1) is 0 Å². The van der Waals surface area contributed by atoms with Gasteiger partial charge in [0.05, 0.1) is 0 Å². The summed E-state index contributed by atoms with van der Waals surface area (Å²) >= 11 is 6.09. The van der Waals surface area contributed by atoms with Gasteiger partial charge in [-0.2, -0.15) is 0 Å². The van der Waals surface area contributed by atoms with Crippen LogP contribution >= 0.6 is 11.6 Å². The molecule has 112 valence electrons. The zero-order chi connectivity index (χ0) is 14.5. The van der Waals surface area contributed by atoms with E-state index in [1.54, 1.807) is 0 Å². The van der Waals surface area contributed by atoms with Crippen LogP contribution in [0.5, 0.6) is 0 Å². The van der Waals surface area contributed by atoms with Gasteiger partial charge in [0.15, 0.2) is 5.82 Å². The molecule has 1 aromatic rings. The maximum Gasteiger partial charge on any atom is 0.158 e. The molecule has 20 heavy (non-hydrogen) atoms. The van der Waals surface area contributed by atoms with Gasteiger partial charge in [-0.05, 0) is 39.9 Å². The van der Waals surface area contributed by atoms with Gasteiger partial charge in [-0.25, -0.2) is 9.97 Å². The minimum Gasteiger partial charge on any atom is -0.374 e. The maximum atomic E-state index is 6.09. The summed E-state index contributed by atoms with van der Waals surface area (Å²) in [6, 6.07) is 2.34. The molecule has 0 spiro atoms. The summed E-state index contributed by atoms with van der Waals surface area (Å²) in [5.41, 5.74) is 0. The Morgan fingerprint density at radius 3 is 2.75 bits per heavy atom. The summed E-state index contributed by atoms with van der Waals surface area (Å²) in [6.07, 6.45) is 2.30. The Morgan fingerprint density at radius 2 is 2.10 bits per heavy atom. The van der Waals surface area contributed by atoms with Crippen molar-refractivity contribution >= 4 is 17.4 Å². The number of nitrogens with zero attached hydrogens (tertiary/aromatic N) is 4. The highest BCUT2D eigenvalue weighted by atomic mass is 35.5. The Labute approximate surface area is 125 Å². The molecule has 0 unspecified atom stereocenters. The first-order chi connectivity index (χ1) is 9.60. The molecule has 1 aromatic heterocycles. The normalized spacial score (nSPS) is 17.4. The third kappa shape index (κ3) is 4.04. The molecule has 2 heterocycles. The first-order valence-corrected chi connectivity index (χ1v) is 7.50. The molecule has 1 aliphatic heterocycles. The van der Waals surface area contributed by atoms with Crippen LogP contribution in [-0.4, -0.2) is 54.7 Å². The van der Waals surface area contributed by atoms with Crippen LogP contribution in [-0.2, 0) is 11.3 Å². The van der Waals surface area contributed by atoms with E-state index in [9.17, 15) is 0 Å². The van der Waals surface area contributed by atoms with Crippen molar-refractivity contribution in [1.29, 1.82) is 0 Å². The summed E-state index contributed by atoms with van der Waals surface area (Å²) in [5.74, 6) is 1.53. The van der Waals surface area contributed by atoms with Crippen molar-refractivity contribution in [2.75, 3.05) is 38.7 Å². The van der Waals surface area contributed by atoms with E-state index in [0.29, 0.717) is 30.2 Å². The quantitative estimate of drug-likeness (QED) is 0.780. The molecule has 1 saturated heterocycles. The molecule has 0 aromatic carbocycles. The zero-order valence-corrected chi connectivity index (χ0v) is 13.2. The highest BCUT2D eigenvalue weighted by Crippen LogP contribution is 2.22. The Kier molecular flexibility index (Phi) is 5.57. The number of ether oxygens (including phenoxy) is 1. The Morgan fingerprint density at radius 1 is 1.40 bits per heavy atom.